The summed E-state index contributed by atoms with van der Waals surface area (Å²) >= 11 is 0. The molecule has 1 heterocycles. The van der Waals surface area contributed by atoms with Gasteiger partial charge in [0.25, 0.3) is 0 Å². The van der Waals surface area contributed by atoms with E-state index in [0.717, 1.165) is 0 Å². The van der Waals surface area contributed by atoms with E-state index in [0.29, 0.717) is 22.4 Å². The molecule has 4 heteroatoms. The van der Waals surface area contributed by atoms with Gasteiger partial charge >= 0.3 is 0 Å². The number of hydrogen-bond donors (Lipinski definition) is 1. The molecule has 1 N–H and O–H groups in total. The summed E-state index contributed by atoms with van der Waals surface area (Å²) in [6.07, 6.45) is 1.33. The number of fused-ring (bicyclic) bond motifs is 1. The van der Waals surface area contributed by atoms with Crippen LogP contribution in [0.2, 0.25) is 0 Å². The number of pyridine rings is 1. The lowest BCUT2D eigenvalue weighted by atomic mass is 10.1. The second-order valence-electron chi connectivity index (χ2n) is 4.05. The molecule has 2 aromatic carbocycles. The van der Waals surface area contributed by atoms with Crippen LogP contribution in [0.15, 0.2) is 54.7 Å². The molecule has 3 aromatic rings. The highest BCUT2D eigenvalue weighted by atomic mass is 19.1. The number of benzene rings is 2. The van der Waals surface area contributed by atoms with Crippen LogP contribution in [0.25, 0.3) is 10.8 Å². The first-order valence-electron chi connectivity index (χ1n) is 5.74. The molecule has 0 fully saturated rings. The summed E-state index contributed by atoms with van der Waals surface area (Å²) in [6, 6.07) is 12.9. The normalized spacial score (nSPS) is 10.6. The molecule has 0 atom stereocenters. The smallest absolute Gasteiger partial charge is 0.227 e. The van der Waals surface area contributed by atoms with Crippen LogP contribution in [-0.2, 0) is 0 Å². The molecule has 3 rings (SSSR count). The highest BCUT2D eigenvalue weighted by Crippen LogP contribution is 2.32. The molecule has 0 unspecified atom stereocenters. The highest BCUT2D eigenvalue weighted by Gasteiger charge is 2.08. The Morgan fingerprint density at radius 3 is 2.37 bits per heavy atom. The number of hydrogen-bond acceptors (Lipinski definition) is 3. The monoisotopic (exact) mass is 255 g/mol. The van der Waals surface area contributed by atoms with Crippen LogP contribution in [0.3, 0.4) is 0 Å². The van der Waals surface area contributed by atoms with Gasteiger partial charge in [0, 0.05) is 10.8 Å². The molecule has 0 aliphatic carbocycles. The fraction of sp³-hybridized carbons (Fsp3) is 0. The summed E-state index contributed by atoms with van der Waals surface area (Å²) in [5.74, 6) is 0.641. The van der Waals surface area contributed by atoms with Gasteiger partial charge in [0.1, 0.15) is 17.3 Å². The average molecular weight is 255 g/mol. The van der Waals surface area contributed by atoms with E-state index in [1.165, 1.54) is 30.5 Å². The number of ether oxygens (including phenoxy) is 1. The Labute approximate surface area is 108 Å². The Hall–Kier alpha value is -2.62. The van der Waals surface area contributed by atoms with E-state index in [1.807, 2.05) is 12.1 Å². The second kappa shape index (κ2) is 4.57. The molecular weight excluding hydrogens is 245 g/mol. The molecule has 0 bridgehead atoms. The molecule has 0 saturated heterocycles. The van der Waals surface area contributed by atoms with Gasteiger partial charge in [-0.3, -0.25) is 0 Å². The van der Waals surface area contributed by atoms with Gasteiger partial charge < -0.3 is 9.84 Å². The summed E-state index contributed by atoms with van der Waals surface area (Å²) in [5.41, 5.74) is 0. The van der Waals surface area contributed by atoms with Gasteiger partial charge in [0.2, 0.25) is 5.88 Å². The van der Waals surface area contributed by atoms with E-state index < -0.39 is 0 Å². The predicted octanol–water partition coefficient (Wildman–Crippen LogP) is 3.87. The second-order valence-corrected chi connectivity index (χ2v) is 4.05. The number of aromatic nitrogens is 1. The lowest BCUT2D eigenvalue weighted by Gasteiger charge is -2.08. The Morgan fingerprint density at radius 2 is 1.63 bits per heavy atom. The SMILES string of the molecule is Oc1cnc(Oc2ccc(F)cc2)c2ccccc12. The summed E-state index contributed by atoms with van der Waals surface area (Å²) in [7, 11) is 0. The molecule has 0 saturated carbocycles. The van der Waals surface area contributed by atoms with Crippen LogP contribution in [0.5, 0.6) is 17.4 Å². The van der Waals surface area contributed by atoms with Crippen molar-refractivity contribution in [2.24, 2.45) is 0 Å². The molecule has 1 aromatic heterocycles. The van der Waals surface area contributed by atoms with E-state index in [4.69, 9.17) is 4.74 Å². The number of nitrogens with zero attached hydrogens (tertiary/aromatic N) is 1. The quantitative estimate of drug-likeness (QED) is 0.755. The predicted molar refractivity (Wildman–Crippen MR) is 69.9 cm³/mol. The lowest BCUT2D eigenvalue weighted by molar-refractivity contribution is 0.455. The van der Waals surface area contributed by atoms with Crippen molar-refractivity contribution in [1.82, 2.24) is 4.98 Å². The van der Waals surface area contributed by atoms with Gasteiger partial charge in [-0.15, -0.1) is 0 Å². The van der Waals surface area contributed by atoms with Crippen LogP contribution in [0.4, 0.5) is 4.39 Å². The van der Waals surface area contributed by atoms with Gasteiger partial charge in [0.05, 0.1) is 6.20 Å². The zero-order chi connectivity index (χ0) is 13.2. The Balaban J connectivity index is 2.06. The Kier molecular flexibility index (Phi) is 2.76. The minimum absolute atomic E-state index is 0.0991. The molecule has 0 aliphatic rings. The zero-order valence-corrected chi connectivity index (χ0v) is 9.88. The third-order valence-corrected chi connectivity index (χ3v) is 2.77. The summed E-state index contributed by atoms with van der Waals surface area (Å²) in [6.45, 7) is 0. The minimum Gasteiger partial charge on any atom is -0.506 e. The van der Waals surface area contributed by atoms with Crippen molar-refractivity contribution in [2.45, 2.75) is 0 Å². The van der Waals surface area contributed by atoms with Crippen molar-refractivity contribution in [3.63, 3.8) is 0 Å². The highest BCUT2D eigenvalue weighted by molar-refractivity contribution is 5.91. The Morgan fingerprint density at radius 1 is 0.947 bits per heavy atom. The van der Waals surface area contributed by atoms with Crippen molar-refractivity contribution < 1.29 is 14.2 Å². The van der Waals surface area contributed by atoms with E-state index in [-0.39, 0.29) is 11.6 Å². The van der Waals surface area contributed by atoms with Crippen molar-refractivity contribution in [2.75, 3.05) is 0 Å². The number of halogens is 1. The summed E-state index contributed by atoms with van der Waals surface area (Å²) in [4.78, 5) is 4.06. The fourth-order valence-corrected chi connectivity index (χ4v) is 1.85. The molecule has 0 aliphatic heterocycles. The van der Waals surface area contributed by atoms with Crippen LogP contribution < -0.4 is 4.74 Å². The van der Waals surface area contributed by atoms with Crippen LogP contribution in [0, 0.1) is 5.82 Å². The maximum Gasteiger partial charge on any atom is 0.227 e. The molecule has 3 nitrogen and oxygen atoms in total. The summed E-state index contributed by atoms with van der Waals surface area (Å²) < 4.78 is 18.4. The average Bonchev–Trinajstić information content (AvgIpc) is 2.45. The van der Waals surface area contributed by atoms with Gasteiger partial charge in [-0.2, -0.15) is 0 Å². The van der Waals surface area contributed by atoms with Gasteiger partial charge in [-0.1, -0.05) is 18.2 Å². The lowest BCUT2D eigenvalue weighted by Crippen LogP contribution is -1.90. The molecule has 0 radical (unpaired) electrons. The van der Waals surface area contributed by atoms with Crippen LogP contribution in [-0.4, -0.2) is 10.1 Å². The third-order valence-electron chi connectivity index (χ3n) is 2.77. The molecule has 0 amide bonds. The van der Waals surface area contributed by atoms with Crippen molar-refractivity contribution in [3.8, 4) is 17.4 Å². The van der Waals surface area contributed by atoms with Crippen molar-refractivity contribution >= 4 is 10.8 Å². The van der Waals surface area contributed by atoms with E-state index in [2.05, 4.69) is 4.98 Å². The first kappa shape index (κ1) is 11.5. The first-order valence-corrected chi connectivity index (χ1v) is 5.74. The zero-order valence-electron chi connectivity index (χ0n) is 9.88. The standard InChI is InChI=1S/C15H10FNO2/c16-10-5-7-11(8-6-10)19-15-13-4-2-1-3-12(13)14(18)9-17-15/h1-9,18H. The fourth-order valence-electron chi connectivity index (χ4n) is 1.85. The van der Waals surface area contributed by atoms with Crippen LogP contribution >= 0.6 is 0 Å². The van der Waals surface area contributed by atoms with Gasteiger partial charge in [-0.05, 0) is 30.3 Å². The van der Waals surface area contributed by atoms with E-state index >= 15 is 0 Å². The third kappa shape index (κ3) is 2.20. The maximum absolute atomic E-state index is 12.8. The molecule has 0 spiro atoms. The van der Waals surface area contributed by atoms with Gasteiger partial charge in [-0.25, -0.2) is 9.37 Å². The van der Waals surface area contributed by atoms with Crippen LogP contribution in [0.1, 0.15) is 0 Å². The van der Waals surface area contributed by atoms with Crippen molar-refractivity contribution in [1.29, 1.82) is 0 Å². The molecular formula is C15H10FNO2. The minimum atomic E-state index is -0.323. The van der Waals surface area contributed by atoms with Gasteiger partial charge in [0.15, 0.2) is 0 Å². The van der Waals surface area contributed by atoms with E-state index in [9.17, 15) is 9.50 Å². The summed E-state index contributed by atoms with van der Waals surface area (Å²) in [5, 5.41) is 11.1. The largest absolute Gasteiger partial charge is 0.506 e. The maximum atomic E-state index is 12.8. The number of aromatic hydroxyl groups is 1. The first-order chi connectivity index (χ1) is 9.24. The molecule has 19 heavy (non-hydrogen) atoms. The number of rotatable bonds is 2. The van der Waals surface area contributed by atoms with E-state index in [1.54, 1.807) is 12.1 Å². The topological polar surface area (TPSA) is 42.4 Å². The molecule has 94 valence electrons. The Bertz CT molecular complexity index is 726. The van der Waals surface area contributed by atoms with Crippen molar-refractivity contribution in [3.05, 3.63) is 60.5 Å².